The van der Waals surface area contributed by atoms with Crippen LogP contribution in [-0.4, -0.2) is 17.8 Å². The number of carbonyl (C=O) groups is 1. The molecule has 4 heteroatoms. The molecule has 0 aliphatic carbocycles. The van der Waals surface area contributed by atoms with Gasteiger partial charge in [0.25, 0.3) is 0 Å². The zero-order valence-corrected chi connectivity index (χ0v) is 9.40. The molecule has 0 radical (unpaired) electrons. The van der Waals surface area contributed by atoms with Crippen LogP contribution in [0.1, 0.15) is 27.2 Å². The Bertz CT molecular complexity index is 142. The first-order chi connectivity index (χ1) is 5.48. The minimum Gasteiger partial charge on any atom is -0.370 e. The molecule has 0 aliphatic rings. The Balaban J connectivity index is 3.45. The standard InChI is InChI=1S/C8H16BrNO2/c1-8(2,3)7(11)12-10-6-4-5-9/h10H,4-6H2,1-3H3. The van der Waals surface area contributed by atoms with Gasteiger partial charge < -0.3 is 4.84 Å². The third-order valence-corrected chi connectivity index (χ3v) is 1.75. The first-order valence-electron chi connectivity index (χ1n) is 3.98. The lowest BCUT2D eigenvalue weighted by Crippen LogP contribution is -2.30. The van der Waals surface area contributed by atoms with Crippen molar-refractivity contribution in [2.45, 2.75) is 27.2 Å². The molecule has 0 aromatic heterocycles. The van der Waals surface area contributed by atoms with Crippen molar-refractivity contribution in [3.63, 3.8) is 0 Å². The molecular formula is C8H16BrNO2. The van der Waals surface area contributed by atoms with E-state index in [4.69, 9.17) is 4.84 Å². The van der Waals surface area contributed by atoms with Gasteiger partial charge >= 0.3 is 5.97 Å². The van der Waals surface area contributed by atoms with Crippen molar-refractivity contribution in [2.75, 3.05) is 11.9 Å². The maximum atomic E-state index is 11.1. The van der Waals surface area contributed by atoms with Gasteiger partial charge in [0.1, 0.15) is 0 Å². The number of carbonyl (C=O) groups excluding carboxylic acids is 1. The van der Waals surface area contributed by atoms with E-state index < -0.39 is 5.41 Å². The summed E-state index contributed by atoms with van der Waals surface area (Å²) in [4.78, 5) is 15.9. The molecule has 0 saturated carbocycles. The lowest BCUT2D eigenvalue weighted by atomic mass is 9.98. The third kappa shape index (κ3) is 5.55. The fourth-order valence-electron chi connectivity index (χ4n) is 0.409. The van der Waals surface area contributed by atoms with Crippen LogP contribution in [0.25, 0.3) is 0 Å². The summed E-state index contributed by atoms with van der Waals surface area (Å²) in [5.41, 5.74) is 2.18. The molecule has 0 bridgehead atoms. The molecule has 12 heavy (non-hydrogen) atoms. The van der Waals surface area contributed by atoms with Crippen LogP contribution in [0.5, 0.6) is 0 Å². The van der Waals surface area contributed by atoms with E-state index in [1.54, 1.807) is 0 Å². The average molecular weight is 238 g/mol. The van der Waals surface area contributed by atoms with Crippen LogP contribution in [-0.2, 0) is 9.63 Å². The van der Waals surface area contributed by atoms with Gasteiger partial charge in [-0.25, -0.2) is 4.79 Å². The molecule has 0 saturated heterocycles. The molecule has 3 nitrogen and oxygen atoms in total. The first-order valence-corrected chi connectivity index (χ1v) is 5.10. The fraction of sp³-hybridized carbons (Fsp3) is 0.875. The Labute approximate surface area is 81.9 Å². The van der Waals surface area contributed by atoms with Crippen LogP contribution < -0.4 is 5.48 Å². The maximum Gasteiger partial charge on any atom is 0.329 e. The van der Waals surface area contributed by atoms with Crippen LogP contribution in [0.15, 0.2) is 0 Å². The molecule has 1 N–H and O–H groups in total. The van der Waals surface area contributed by atoms with Crippen LogP contribution in [0, 0.1) is 5.41 Å². The highest BCUT2D eigenvalue weighted by Crippen LogP contribution is 2.13. The lowest BCUT2D eigenvalue weighted by molar-refractivity contribution is -0.160. The summed E-state index contributed by atoms with van der Waals surface area (Å²) in [7, 11) is 0. The fourth-order valence-corrected chi connectivity index (χ4v) is 0.689. The number of halogens is 1. The molecular weight excluding hydrogens is 222 g/mol. The van der Waals surface area contributed by atoms with Crippen molar-refractivity contribution >= 4 is 21.9 Å². The molecule has 72 valence electrons. The predicted molar refractivity (Wildman–Crippen MR) is 52.0 cm³/mol. The summed E-state index contributed by atoms with van der Waals surface area (Å²) in [6.45, 7) is 6.15. The summed E-state index contributed by atoms with van der Waals surface area (Å²) < 4.78 is 0. The van der Waals surface area contributed by atoms with Crippen LogP contribution in [0.4, 0.5) is 0 Å². The van der Waals surface area contributed by atoms with Crippen molar-refractivity contribution in [2.24, 2.45) is 5.41 Å². The highest BCUT2D eigenvalue weighted by atomic mass is 79.9. The van der Waals surface area contributed by atoms with Crippen LogP contribution in [0.3, 0.4) is 0 Å². The Morgan fingerprint density at radius 1 is 1.50 bits per heavy atom. The minimum absolute atomic E-state index is 0.225. The number of hydrogen-bond donors (Lipinski definition) is 1. The Hall–Kier alpha value is -0.0900. The number of nitrogens with one attached hydrogen (secondary N) is 1. The molecule has 0 spiro atoms. The molecule has 0 heterocycles. The molecule has 0 unspecified atom stereocenters. The van der Waals surface area contributed by atoms with Gasteiger partial charge in [0.15, 0.2) is 0 Å². The average Bonchev–Trinajstić information content (AvgIpc) is 1.96. The van der Waals surface area contributed by atoms with Crippen molar-refractivity contribution in [3.05, 3.63) is 0 Å². The van der Waals surface area contributed by atoms with Gasteiger partial charge in [-0.3, -0.25) is 0 Å². The van der Waals surface area contributed by atoms with Gasteiger partial charge in [0.05, 0.1) is 5.41 Å². The SMILES string of the molecule is CC(C)(C)C(=O)ONCCCBr. The van der Waals surface area contributed by atoms with E-state index >= 15 is 0 Å². The predicted octanol–water partition coefficient (Wildman–Crippen LogP) is 1.87. The summed E-state index contributed by atoms with van der Waals surface area (Å²) in [5, 5.41) is 0.910. The van der Waals surface area contributed by atoms with Crippen molar-refractivity contribution in [1.82, 2.24) is 5.48 Å². The van der Waals surface area contributed by atoms with Gasteiger partial charge in [0.2, 0.25) is 0 Å². The zero-order chi connectivity index (χ0) is 9.61. The molecule has 0 amide bonds. The van der Waals surface area contributed by atoms with Gasteiger partial charge in [-0.05, 0) is 27.2 Å². The molecule has 0 atom stereocenters. The highest BCUT2D eigenvalue weighted by Gasteiger charge is 2.22. The summed E-state index contributed by atoms with van der Waals surface area (Å²) in [6.07, 6.45) is 0.942. The molecule has 0 aliphatic heterocycles. The van der Waals surface area contributed by atoms with Crippen molar-refractivity contribution in [3.8, 4) is 0 Å². The second kappa shape index (κ2) is 5.54. The second-order valence-corrected chi connectivity index (χ2v) is 4.37. The van der Waals surface area contributed by atoms with Gasteiger partial charge in [-0.1, -0.05) is 15.9 Å². The minimum atomic E-state index is -0.429. The van der Waals surface area contributed by atoms with Crippen LogP contribution in [0.2, 0.25) is 0 Å². The summed E-state index contributed by atoms with van der Waals surface area (Å²) in [6, 6.07) is 0. The van der Waals surface area contributed by atoms with Gasteiger partial charge in [-0.15, -0.1) is 0 Å². The topological polar surface area (TPSA) is 38.3 Å². The molecule has 0 aromatic rings. The highest BCUT2D eigenvalue weighted by molar-refractivity contribution is 9.09. The largest absolute Gasteiger partial charge is 0.370 e. The Morgan fingerprint density at radius 3 is 2.50 bits per heavy atom. The maximum absolute atomic E-state index is 11.1. The number of alkyl halides is 1. The van der Waals surface area contributed by atoms with E-state index in [-0.39, 0.29) is 5.97 Å². The first kappa shape index (κ1) is 11.9. The molecule has 0 fully saturated rings. The smallest absolute Gasteiger partial charge is 0.329 e. The third-order valence-electron chi connectivity index (χ3n) is 1.19. The van der Waals surface area contributed by atoms with E-state index in [0.29, 0.717) is 6.54 Å². The van der Waals surface area contributed by atoms with Crippen molar-refractivity contribution < 1.29 is 9.63 Å². The van der Waals surface area contributed by atoms with E-state index in [1.807, 2.05) is 20.8 Å². The van der Waals surface area contributed by atoms with Crippen LogP contribution >= 0.6 is 15.9 Å². The van der Waals surface area contributed by atoms with E-state index in [1.165, 1.54) is 0 Å². The quantitative estimate of drug-likeness (QED) is 0.461. The lowest BCUT2D eigenvalue weighted by Gasteiger charge is -2.15. The second-order valence-electron chi connectivity index (χ2n) is 3.58. The van der Waals surface area contributed by atoms with Gasteiger partial charge in [-0.2, -0.15) is 5.48 Å². The Morgan fingerprint density at radius 2 is 2.08 bits per heavy atom. The molecule has 0 rings (SSSR count). The summed E-state index contributed by atoms with van der Waals surface area (Å²) in [5.74, 6) is -0.225. The number of rotatable bonds is 4. The van der Waals surface area contributed by atoms with E-state index in [2.05, 4.69) is 21.4 Å². The van der Waals surface area contributed by atoms with E-state index in [0.717, 1.165) is 11.8 Å². The normalized spacial score (nSPS) is 11.3. The number of hydroxylamine groups is 1. The number of hydrogen-bond acceptors (Lipinski definition) is 3. The summed E-state index contributed by atoms with van der Waals surface area (Å²) >= 11 is 3.28. The van der Waals surface area contributed by atoms with Gasteiger partial charge in [0, 0.05) is 11.9 Å². The molecule has 0 aromatic carbocycles. The van der Waals surface area contributed by atoms with Crippen molar-refractivity contribution in [1.29, 1.82) is 0 Å². The van der Waals surface area contributed by atoms with E-state index in [9.17, 15) is 4.79 Å². The zero-order valence-electron chi connectivity index (χ0n) is 7.82. The Kier molecular flexibility index (Phi) is 5.50. The monoisotopic (exact) mass is 237 g/mol.